The first-order chi connectivity index (χ1) is 15.0. The van der Waals surface area contributed by atoms with Crippen molar-refractivity contribution in [2.45, 2.75) is 18.8 Å². The average molecular weight is 445 g/mol. The van der Waals surface area contributed by atoms with Crippen LogP contribution in [0.5, 0.6) is 0 Å². The molecule has 0 amide bonds. The van der Waals surface area contributed by atoms with E-state index in [0.29, 0.717) is 41.7 Å². The quantitative estimate of drug-likeness (QED) is 0.462. The summed E-state index contributed by atoms with van der Waals surface area (Å²) in [5, 5.41) is 5.03. The van der Waals surface area contributed by atoms with Crippen LogP contribution in [0.25, 0.3) is 10.2 Å². The topological polar surface area (TPSA) is 56.1 Å². The van der Waals surface area contributed by atoms with Crippen molar-refractivity contribution in [2.75, 3.05) is 24.7 Å². The fourth-order valence-electron chi connectivity index (χ4n) is 3.67. The van der Waals surface area contributed by atoms with Gasteiger partial charge < -0.3 is 9.64 Å². The predicted octanol–water partition coefficient (Wildman–Crippen LogP) is 4.53. The van der Waals surface area contributed by atoms with Gasteiger partial charge in [-0.3, -0.25) is 0 Å². The maximum absolute atomic E-state index is 13.1. The van der Waals surface area contributed by atoms with E-state index in [1.807, 2.05) is 39.9 Å². The number of alkyl halides is 3. The monoisotopic (exact) mass is 445 g/mol. The zero-order chi connectivity index (χ0) is 21.4. The summed E-state index contributed by atoms with van der Waals surface area (Å²) < 4.78 is 47.5. The van der Waals surface area contributed by atoms with E-state index in [0.717, 1.165) is 23.5 Å². The van der Waals surface area contributed by atoms with Crippen molar-refractivity contribution in [3.63, 3.8) is 0 Å². The smallest absolute Gasteiger partial charge is 0.377 e. The fraction of sp³-hybridized carbons (Fsp3) is 0.286. The molecule has 0 unspecified atom stereocenters. The highest BCUT2D eigenvalue weighted by atomic mass is 32.1. The molecule has 31 heavy (non-hydrogen) atoms. The van der Waals surface area contributed by atoms with Crippen LogP contribution in [0.15, 0.2) is 54.9 Å². The van der Waals surface area contributed by atoms with Gasteiger partial charge in [0.15, 0.2) is 11.0 Å². The summed E-state index contributed by atoms with van der Waals surface area (Å²) in [6.07, 6.45) is -2.88. The highest BCUT2D eigenvalue weighted by molar-refractivity contribution is 7.22. The number of morpholine rings is 1. The molecule has 1 aliphatic heterocycles. The van der Waals surface area contributed by atoms with Crippen molar-refractivity contribution >= 4 is 26.7 Å². The SMILES string of the molecule is FC(F)(F)c1ccc2sc(N3CCOC[C@@H]3c3ncnn3Cc3ccccc3)nc2c1. The molecule has 1 fully saturated rings. The Morgan fingerprint density at radius 2 is 1.97 bits per heavy atom. The molecule has 0 aliphatic carbocycles. The molecule has 6 nitrogen and oxygen atoms in total. The van der Waals surface area contributed by atoms with Gasteiger partial charge in [0.1, 0.15) is 12.4 Å². The van der Waals surface area contributed by atoms with Gasteiger partial charge in [-0.2, -0.15) is 18.3 Å². The number of thiazole rings is 1. The molecule has 0 N–H and O–H groups in total. The largest absolute Gasteiger partial charge is 0.416 e. The van der Waals surface area contributed by atoms with Gasteiger partial charge >= 0.3 is 6.18 Å². The lowest BCUT2D eigenvalue weighted by molar-refractivity contribution is -0.137. The zero-order valence-corrected chi connectivity index (χ0v) is 17.1. The van der Waals surface area contributed by atoms with Gasteiger partial charge in [0, 0.05) is 6.54 Å². The molecule has 5 rings (SSSR count). The minimum absolute atomic E-state index is 0.234. The van der Waals surface area contributed by atoms with Gasteiger partial charge in [0.25, 0.3) is 0 Å². The first kappa shape index (κ1) is 20.0. The summed E-state index contributed by atoms with van der Waals surface area (Å²) in [5.41, 5.74) is 0.737. The van der Waals surface area contributed by atoms with Gasteiger partial charge in [-0.1, -0.05) is 41.7 Å². The summed E-state index contributed by atoms with van der Waals surface area (Å²) in [4.78, 5) is 11.0. The van der Waals surface area contributed by atoms with Crippen LogP contribution in [0, 0.1) is 0 Å². The molecule has 3 heterocycles. The molecule has 1 atom stereocenters. The maximum atomic E-state index is 13.1. The zero-order valence-electron chi connectivity index (χ0n) is 16.3. The third-order valence-corrected chi connectivity index (χ3v) is 6.27. The highest BCUT2D eigenvalue weighted by Crippen LogP contribution is 2.37. The van der Waals surface area contributed by atoms with Crippen LogP contribution in [-0.4, -0.2) is 39.5 Å². The Labute approximate surface area is 179 Å². The first-order valence-corrected chi connectivity index (χ1v) is 10.5. The van der Waals surface area contributed by atoms with Crippen LogP contribution in [0.4, 0.5) is 18.3 Å². The lowest BCUT2D eigenvalue weighted by Gasteiger charge is -2.34. The number of ether oxygens (including phenoxy) is 1. The van der Waals surface area contributed by atoms with E-state index < -0.39 is 11.7 Å². The van der Waals surface area contributed by atoms with Gasteiger partial charge in [0.05, 0.1) is 35.5 Å². The molecule has 4 aromatic rings. The molecule has 0 saturated carbocycles. The van der Waals surface area contributed by atoms with E-state index in [1.54, 1.807) is 0 Å². The normalized spacial score (nSPS) is 17.4. The number of aromatic nitrogens is 4. The van der Waals surface area contributed by atoms with Crippen LogP contribution in [-0.2, 0) is 17.5 Å². The maximum Gasteiger partial charge on any atom is 0.416 e. The lowest BCUT2D eigenvalue weighted by atomic mass is 10.2. The fourth-order valence-corrected chi connectivity index (χ4v) is 4.69. The highest BCUT2D eigenvalue weighted by Gasteiger charge is 2.33. The molecule has 2 aromatic heterocycles. The van der Waals surface area contributed by atoms with Crippen molar-refractivity contribution in [3.8, 4) is 0 Å². The molecule has 0 spiro atoms. The summed E-state index contributed by atoms with van der Waals surface area (Å²) in [6.45, 7) is 2.04. The van der Waals surface area contributed by atoms with E-state index in [9.17, 15) is 13.2 Å². The minimum Gasteiger partial charge on any atom is -0.377 e. The number of halogens is 3. The minimum atomic E-state index is -4.40. The van der Waals surface area contributed by atoms with E-state index >= 15 is 0 Å². The molecular weight excluding hydrogens is 427 g/mol. The number of fused-ring (bicyclic) bond motifs is 1. The number of nitrogens with zero attached hydrogens (tertiary/aromatic N) is 5. The first-order valence-electron chi connectivity index (χ1n) is 9.73. The Morgan fingerprint density at radius 3 is 2.77 bits per heavy atom. The second-order valence-electron chi connectivity index (χ2n) is 7.22. The van der Waals surface area contributed by atoms with Crippen molar-refractivity contribution in [2.24, 2.45) is 0 Å². The van der Waals surface area contributed by atoms with Crippen LogP contribution in [0.3, 0.4) is 0 Å². The van der Waals surface area contributed by atoms with Gasteiger partial charge in [-0.05, 0) is 23.8 Å². The summed E-state index contributed by atoms with van der Waals surface area (Å²) in [7, 11) is 0. The molecule has 1 saturated heterocycles. The average Bonchev–Trinajstić information content (AvgIpc) is 3.40. The number of anilines is 1. The molecule has 10 heteroatoms. The van der Waals surface area contributed by atoms with Crippen LogP contribution >= 0.6 is 11.3 Å². The van der Waals surface area contributed by atoms with Crippen molar-refractivity contribution in [3.05, 3.63) is 71.8 Å². The number of hydrogen-bond acceptors (Lipinski definition) is 6. The molecule has 1 aliphatic rings. The Balaban J connectivity index is 1.48. The van der Waals surface area contributed by atoms with Gasteiger partial charge in [-0.25, -0.2) is 14.6 Å². The summed E-state index contributed by atoms with van der Waals surface area (Å²) in [5.74, 6) is 0.735. The van der Waals surface area contributed by atoms with Crippen molar-refractivity contribution < 1.29 is 17.9 Å². The van der Waals surface area contributed by atoms with E-state index in [1.165, 1.54) is 23.7 Å². The Morgan fingerprint density at radius 1 is 1.13 bits per heavy atom. The third kappa shape index (κ3) is 4.00. The van der Waals surface area contributed by atoms with Crippen molar-refractivity contribution in [1.29, 1.82) is 0 Å². The summed E-state index contributed by atoms with van der Waals surface area (Å²) >= 11 is 1.37. The Kier molecular flexibility index (Phi) is 5.11. The van der Waals surface area contributed by atoms with Crippen molar-refractivity contribution in [1.82, 2.24) is 19.7 Å². The number of hydrogen-bond donors (Lipinski definition) is 0. The van der Waals surface area contributed by atoms with Crippen LogP contribution in [0.1, 0.15) is 23.0 Å². The van der Waals surface area contributed by atoms with Gasteiger partial charge in [0.2, 0.25) is 0 Å². The lowest BCUT2D eigenvalue weighted by Crippen LogP contribution is -2.41. The standard InChI is InChI=1S/C21H18F3N5OS/c22-21(23,24)15-6-7-18-16(10-15)27-20(31-18)28-8-9-30-12-17(28)19-25-13-26-29(19)11-14-4-2-1-3-5-14/h1-7,10,13,17H,8-9,11-12H2/t17-/m1/s1. The third-order valence-electron chi connectivity index (χ3n) is 5.20. The van der Waals surface area contributed by atoms with Crippen LogP contribution in [0.2, 0.25) is 0 Å². The Bertz CT molecular complexity index is 1190. The molecule has 0 bridgehead atoms. The second-order valence-corrected chi connectivity index (χ2v) is 8.23. The molecular formula is C21H18F3N5OS. The van der Waals surface area contributed by atoms with E-state index in [4.69, 9.17) is 4.74 Å². The van der Waals surface area contributed by atoms with Crippen LogP contribution < -0.4 is 4.90 Å². The number of rotatable bonds is 4. The predicted molar refractivity (Wildman–Crippen MR) is 111 cm³/mol. The van der Waals surface area contributed by atoms with E-state index in [2.05, 4.69) is 15.1 Å². The molecule has 160 valence electrons. The number of benzene rings is 2. The summed E-state index contributed by atoms with van der Waals surface area (Å²) in [6, 6.07) is 13.4. The molecule has 0 radical (unpaired) electrons. The Hall–Kier alpha value is -2.98. The second kappa shape index (κ2) is 7.93. The van der Waals surface area contributed by atoms with E-state index in [-0.39, 0.29) is 6.04 Å². The molecule has 2 aromatic carbocycles. The van der Waals surface area contributed by atoms with Gasteiger partial charge in [-0.15, -0.1) is 0 Å².